The third-order valence-electron chi connectivity index (χ3n) is 6.54. The van der Waals surface area contributed by atoms with Crippen LogP contribution in [0.1, 0.15) is 28.8 Å². The van der Waals surface area contributed by atoms with Crippen molar-refractivity contribution in [2.45, 2.75) is 11.8 Å². The quantitative estimate of drug-likeness (QED) is 0.273. The lowest BCUT2D eigenvalue weighted by atomic mass is 9.88. The molecule has 0 aliphatic carbocycles. The first kappa shape index (κ1) is 22.6. The summed E-state index contributed by atoms with van der Waals surface area (Å²) in [6, 6.07) is 25.9. The zero-order valence-electron chi connectivity index (χ0n) is 19.7. The van der Waals surface area contributed by atoms with Gasteiger partial charge >= 0.3 is 0 Å². The summed E-state index contributed by atoms with van der Waals surface area (Å²) < 4.78 is 0. The molecule has 1 fully saturated rings. The number of rotatable bonds is 6. The summed E-state index contributed by atoms with van der Waals surface area (Å²) in [5.74, 6) is 1.45. The second-order valence-electron chi connectivity index (χ2n) is 9.06. The van der Waals surface area contributed by atoms with Gasteiger partial charge in [-0.05, 0) is 41.9 Å². The number of H-pyrrole nitrogens is 1. The molecule has 2 heterocycles. The Labute approximate surface area is 205 Å². The molecule has 0 spiro atoms. The number of nitrogens with one attached hydrogen (secondary N) is 2. The molecule has 1 aromatic heterocycles. The largest absolute Gasteiger partial charge is 0.397 e. The molecule has 6 nitrogen and oxygen atoms in total. The van der Waals surface area contributed by atoms with E-state index in [0.717, 1.165) is 35.7 Å². The monoisotopic (exact) mass is 463 g/mol. The fourth-order valence-corrected chi connectivity index (χ4v) is 4.72. The molecule has 0 radical (unpaired) electrons. The minimum Gasteiger partial charge on any atom is -0.397 e. The molecule has 0 saturated carbocycles. The van der Waals surface area contributed by atoms with E-state index in [-0.39, 0.29) is 5.91 Å². The molecule has 3 aromatic carbocycles. The van der Waals surface area contributed by atoms with Gasteiger partial charge in [0, 0.05) is 31.0 Å². The second kappa shape index (κ2) is 9.99. The van der Waals surface area contributed by atoms with Gasteiger partial charge < -0.3 is 20.9 Å². The van der Waals surface area contributed by atoms with Crippen molar-refractivity contribution in [2.75, 3.05) is 31.2 Å². The van der Waals surface area contributed by atoms with Crippen LogP contribution >= 0.6 is 0 Å². The fraction of sp³-hybridized carbons (Fsp3) is 0.172. The minimum absolute atomic E-state index is 0.212. The predicted octanol–water partition coefficient (Wildman–Crippen LogP) is 5.12. The van der Waals surface area contributed by atoms with E-state index in [2.05, 4.69) is 58.6 Å². The maximum absolute atomic E-state index is 12.3. The predicted molar refractivity (Wildman–Crippen MR) is 142 cm³/mol. The summed E-state index contributed by atoms with van der Waals surface area (Å²) in [4.78, 5) is 22.9. The lowest BCUT2D eigenvalue weighted by molar-refractivity contribution is -0.111. The van der Waals surface area contributed by atoms with E-state index >= 15 is 0 Å². The fourth-order valence-electron chi connectivity index (χ4n) is 4.72. The molecule has 2 unspecified atom stereocenters. The third kappa shape index (κ3) is 5.18. The van der Waals surface area contributed by atoms with Crippen LogP contribution in [0.4, 0.5) is 11.4 Å². The maximum Gasteiger partial charge on any atom is 0.248 e. The molecular formula is C29H29N5O. The van der Waals surface area contributed by atoms with Gasteiger partial charge in [0.05, 0.1) is 23.3 Å². The Hall–Kier alpha value is -4.16. The van der Waals surface area contributed by atoms with Crippen LogP contribution in [0.3, 0.4) is 0 Å². The Bertz CT molecular complexity index is 1330. The third-order valence-corrected chi connectivity index (χ3v) is 6.54. The van der Waals surface area contributed by atoms with Crippen LogP contribution in [0.5, 0.6) is 0 Å². The zero-order chi connectivity index (χ0) is 24.2. The molecule has 1 aliphatic rings. The molecule has 1 saturated heterocycles. The first-order valence-corrected chi connectivity index (χ1v) is 11.8. The number of aromatic nitrogens is 2. The van der Waals surface area contributed by atoms with Crippen LogP contribution < -0.4 is 11.1 Å². The number of nitrogens with two attached hydrogens (primary N) is 1. The van der Waals surface area contributed by atoms with Crippen LogP contribution in [0.2, 0.25) is 0 Å². The average molecular weight is 464 g/mol. The van der Waals surface area contributed by atoms with E-state index in [4.69, 9.17) is 10.7 Å². The summed E-state index contributed by atoms with van der Waals surface area (Å²) in [5.41, 5.74) is 11.5. The molecule has 2 atom stereocenters. The second-order valence-corrected chi connectivity index (χ2v) is 9.06. The SMILES string of the molecule is CN1CC(c2ccc(/C=C/C(=O)Nc3ccccc3N)cc2)C(c2ncc(-c3ccccc3)[nH]2)C1. The number of nitrogens with zero attached hydrogens (tertiary/aromatic N) is 2. The molecule has 5 rings (SSSR count). The molecule has 176 valence electrons. The number of likely N-dealkylation sites (tertiary alicyclic amines) is 1. The van der Waals surface area contributed by atoms with Crippen molar-refractivity contribution in [3.63, 3.8) is 0 Å². The number of carbonyl (C=O) groups is 1. The number of carbonyl (C=O) groups excluding carboxylic acids is 1. The minimum atomic E-state index is -0.212. The van der Waals surface area contributed by atoms with Crippen molar-refractivity contribution >= 4 is 23.4 Å². The summed E-state index contributed by atoms with van der Waals surface area (Å²) in [6.45, 7) is 1.93. The van der Waals surface area contributed by atoms with Gasteiger partial charge in [-0.1, -0.05) is 66.7 Å². The number of aromatic amines is 1. The highest BCUT2D eigenvalue weighted by molar-refractivity contribution is 6.03. The van der Waals surface area contributed by atoms with E-state index in [9.17, 15) is 4.79 Å². The van der Waals surface area contributed by atoms with Crippen molar-refractivity contribution < 1.29 is 4.79 Å². The molecular weight excluding hydrogens is 434 g/mol. The van der Waals surface area contributed by atoms with Crippen LogP contribution in [0.15, 0.2) is 91.1 Å². The molecule has 4 aromatic rings. The topological polar surface area (TPSA) is 87.0 Å². The van der Waals surface area contributed by atoms with Crippen molar-refractivity contribution in [1.82, 2.24) is 14.9 Å². The number of hydrogen-bond donors (Lipinski definition) is 3. The summed E-state index contributed by atoms with van der Waals surface area (Å²) in [6.07, 6.45) is 5.28. The Morgan fingerprint density at radius 2 is 1.71 bits per heavy atom. The van der Waals surface area contributed by atoms with Crippen LogP contribution in [0.25, 0.3) is 17.3 Å². The molecule has 1 aliphatic heterocycles. The Morgan fingerprint density at radius 3 is 2.49 bits per heavy atom. The Balaban J connectivity index is 1.28. The molecule has 1 amide bonds. The first-order valence-electron chi connectivity index (χ1n) is 11.8. The standard InChI is InChI=1S/C29H29N5O/c1-34-18-23(24(19-34)29-31-17-27(33-29)22-7-3-2-4-8-22)21-14-11-20(12-15-21)13-16-28(35)32-26-10-6-5-9-25(26)30/h2-17,23-24H,18-19,30H2,1H3,(H,31,33)(H,32,35)/b16-13+. The number of amides is 1. The van der Waals surface area contributed by atoms with Crippen LogP contribution in [-0.4, -0.2) is 40.9 Å². The normalized spacial score (nSPS) is 18.2. The number of benzene rings is 3. The molecule has 4 N–H and O–H groups in total. The average Bonchev–Trinajstić information content (AvgIpc) is 3.52. The molecule has 0 bridgehead atoms. The lowest BCUT2D eigenvalue weighted by Gasteiger charge is -2.17. The Kier molecular flexibility index (Phi) is 6.46. The molecule has 6 heteroatoms. The summed E-state index contributed by atoms with van der Waals surface area (Å²) >= 11 is 0. The first-order chi connectivity index (χ1) is 17.1. The van der Waals surface area contributed by atoms with E-state index in [1.165, 1.54) is 11.6 Å². The number of nitrogen functional groups attached to an aromatic ring is 1. The van der Waals surface area contributed by atoms with Crippen molar-refractivity contribution in [1.29, 1.82) is 0 Å². The summed E-state index contributed by atoms with van der Waals surface area (Å²) in [7, 11) is 2.16. The van der Waals surface area contributed by atoms with Crippen LogP contribution in [-0.2, 0) is 4.79 Å². The number of anilines is 2. The van der Waals surface area contributed by atoms with Gasteiger partial charge in [0.1, 0.15) is 5.82 Å². The number of imidazole rings is 1. The van der Waals surface area contributed by atoms with Gasteiger partial charge in [0.15, 0.2) is 0 Å². The van der Waals surface area contributed by atoms with Gasteiger partial charge in [-0.25, -0.2) is 4.98 Å². The van der Waals surface area contributed by atoms with Gasteiger partial charge in [0.2, 0.25) is 5.91 Å². The smallest absolute Gasteiger partial charge is 0.248 e. The number of hydrogen-bond acceptors (Lipinski definition) is 4. The van der Waals surface area contributed by atoms with Gasteiger partial charge in [-0.15, -0.1) is 0 Å². The van der Waals surface area contributed by atoms with E-state index in [1.807, 2.05) is 42.6 Å². The van der Waals surface area contributed by atoms with E-state index < -0.39 is 0 Å². The lowest BCUT2D eigenvalue weighted by Crippen LogP contribution is -2.13. The zero-order valence-corrected chi connectivity index (χ0v) is 19.7. The van der Waals surface area contributed by atoms with Gasteiger partial charge in [-0.3, -0.25) is 4.79 Å². The van der Waals surface area contributed by atoms with Gasteiger partial charge in [-0.2, -0.15) is 0 Å². The van der Waals surface area contributed by atoms with Crippen LogP contribution in [0, 0.1) is 0 Å². The highest BCUT2D eigenvalue weighted by Gasteiger charge is 2.35. The van der Waals surface area contributed by atoms with Crippen molar-refractivity contribution in [3.8, 4) is 11.3 Å². The number of likely N-dealkylation sites (N-methyl/N-ethyl adjacent to an activating group) is 1. The molecule has 35 heavy (non-hydrogen) atoms. The van der Waals surface area contributed by atoms with Crippen molar-refractivity contribution in [3.05, 3.63) is 108 Å². The van der Waals surface area contributed by atoms with Gasteiger partial charge in [0.25, 0.3) is 0 Å². The maximum atomic E-state index is 12.3. The summed E-state index contributed by atoms with van der Waals surface area (Å²) in [5, 5.41) is 2.81. The van der Waals surface area contributed by atoms with Crippen molar-refractivity contribution in [2.24, 2.45) is 0 Å². The highest BCUT2D eigenvalue weighted by Crippen LogP contribution is 2.38. The highest BCUT2D eigenvalue weighted by atomic mass is 16.1. The van der Waals surface area contributed by atoms with E-state index in [0.29, 0.717) is 23.2 Å². The Morgan fingerprint density at radius 1 is 1.00 bits per heavy atom. The van der Waals surface area contributed by atoms with E-state index in [1.54, 1.807) is 12.1 Å². The number of para-hydroxylation sites is 2.